The summed E-state index contributed by atoms with van der Waals surface area (Å²) >= 11 is 0. The molecule has 0 heterocycles. The summed E-state index contributed by atoms with van der Waals surface area (Å²) in [5.41, 5.74) is -0.694. The van der Waals surface area contributed by atoms with Crippen molar-refractivity contribution in [2.24, 2.45) is 5.41 Å². The van der Waals surface area contributed by atoms with Crippen molar-refractivity contribution in [1.29, 1.82) is 5.26 Å². The molecule has 0 radical (unpaired) electrons. The van der Waals surface area contributed by atoms with Gasteiger partial charge in [-0.3, -0.25) is 4.79 Å². The van der Waals surface area contributed by atoms with Crippen molar-refractivity contribution >= 4 is 5.91 Å². The van der Waals surface area contributed by atoms with Gasteiger partial charge < -0.3 is 15.5 Å². The Morgan fingerprint density at radius 1 is 1.47 bits per heavy atom. The van der Waals surface area contributed by atoms with E-state index >= 15 is 0 Å². The molecule has 0 spiro atoms. The molecular formula is C12H14N2O3. The zero-order valence-corrected chi connectivity index (χ0v) is 9.69. The van der Waals surface area contributed by atoms with Crippen LogP contribution in [0.25, 0.3) is 0 Å². The van der Waals surface area contributed by atoms with Crippen LogP contribution in [0, 0.1) is 16.7 Å². The van der Waals surface area contributed by atoms with Crippen molar-refractivity contribution in [2.75, 3.05) is 6.54 Å². The summed E-state index contributed by atoms with van der Waals surface area (Å²) in [6, 6.07) is 5.74. The van der Waals surface area contributed by atoms with Crippen LogP contribution in [0.15, 0.2) is 18.2 Å². The van der Waals surface area contributed by atoms with E-state index in [2.05, 4.69) is 5.32 Å². The second kappa shape index (κ2) is 4.74. The first kappa shape index (κ1) is 12.8. The second-order valence-corrected chi connectivity index (χ2v) is 4.38. The maximum atomic E-state index is 11.7. The smallest absolute Gasteiger partial charge is 0.255 e. The lowest BCUT2D eigenvalue weighted by molar-refractivity contribution is 0.0940. The monoisotopic (exact) mass is 234 g/mol. The normalized spacial score (nSPS) is 10.6. The van der Waals surface area contributed by atoms with Gasteiger partial charge in [0.2, 0.25) is 0 Å². The van der Waals surface area contributed by atoms with Crippen LogP contribution in [-0.2, 0) is 0 Å². The number of aromatic hydroxyl groups is 2. The second-order valence-electron chi connectivity index (χ2n) is 4.38. The molecule has 0 aliphatic rings. The van der Waals surface area contributed by atoms with Crippen LogP contribution >= 0.6 is 0 Å². The van der Waals surface area contributed by atoms with Crippen LogP contribution in [0.3, 0.4) is 0 Å². The van der Waals surface area contributed by atoms with Crippen LogP contribution in [0.2, 0.25) is 0 Å². The van der Waals surface area contributed by atoms with Crippen molar-refractivity contribution in [3.8, 4) is 17.6 Å². The van der Waals surface area contributed by atoms with Crippen LogP contribution < -0.4 is 5.32 Å². The van der Waals surface area contributed by atoms with E-state index in [1.54, 1.807) is 13.8 Å². The lowest BCUT2D eigenvalue weighted by Gasteiger charge is -2.16. The maximum Gasteiger partial charge on any atom is 0.255 e. The van der Waals surface area contributed by atoms with Gasteiger partial charge in [-0.05, 0) is 32.0 Å². The standard InChI is InChI=1S/C12H14N2O3/c1-12(2,6-13)7-14-11(17)9-5-8(15)3-4-10(9)16/h3-5,15-16H,7H2,1-2H3,(H,14,17). The van der Waals surface area contributed by atoms with Crippen molar-refractivity contribution in [3.63, 3.8) is 0 Å². The quantitative estimate of drug-likeness (QED) is 0.689. The number of phenolic OH excluding ortho intramolecular Hbond substituents is 2. The average molecular weight is 234 g/mol. The van der Waals surface area contributed by atoms with Crippen molar-refractivity contribution in [1.82, 2.24) is 5.32 Å². The van der Waals surface area contributed by atoms with Crippen molar-refractivity contribution < 1.29 is 15.0 Å². The van der Waals surface area contributed by atoms with E-state index in [-0.39, 0.29) is 23.6 Å². The van der Waals surface area contributed by atoms with Gasteiger partial charge in [0.1, 0.15) is 11.5 Å². The fourth-order valence-electron chi connectivity index (χ4n) is 1.14. The Balaban J connectivity index is 2.78. The first-order chi connectivity index (χ1) is 7.85. The highest BCUT2D eigenvalue weighted by molar-refractivity contribution is 5.97. The molecule has 0 aliphatic heterocycles. The number of nitriles is 1. The van der Waals surface area contributed by atoms with Gasteiger partial charge in [-0.1, -0.05) is 0 Å². The molecule has 0 saturated heterocycles. The van der Waals surface area contributed by atoms with Crippen molar-refractivity contribution in [2.45, 2.75) is 13.8 Å². The molecule has 17 heavy (non-hydrogen) atoms. The van der Waals surface area contributed by atoms with Gasteiger partial charge in [0.15, 0.2) is 0 Å². The van der Waals surface area contributed by atoms with Crippen LogP contribution in [0.5, 0.6) is 11.5 Å². The van der Waals surface area contributed by atoms with E-state index in [9.17, 15) is 15.0 Å². The van der Waals surface area contributed by atoms with E-state index < -0.39 is 11.3 Å². The molecule has 1 rings (SSSR count). The lowest BCUT2D eigenvalue weighted by atomic mass is 9.96. The number of hydrogen-bond donors (Lipinski definition) is 3. The summed E-state index contributed by atoms with van der Waals surface area (Å²) in [7, 11) is 0. The number of carbonyl (C=O) groups is 1. The van der Waals surface area contributed by atoms with Gasteiger partial charge in [-0.2, -0.15) is 5.26 Å². The molecule has 1 amide bonds. The van der Waals surface area contributed by atoms with Gasteiger partial charge >= 0.3 is 0 Å². The highest BCUT2D eigenvalue weighted by Crippen LogP contribution is 2.22. The number of carbonyl (C=O) groups excluding carboxylic acids is 1. The molecule has 0 aliphatic carbocycles. The minimum Gasteiger partial charge on any atom is -0.508 e. The first-order valence-corrected chi connectivity index (χ1v) is 5.07. The summed E-state index contributed by atoms with van der Waals surface area (Å²) < 4.78 is 0. The number of benzene rings is 1. The number of nitrogens with zero attached hydrogens (tertiary/aromatic N) is 1. The summed E-state index contributed by atoms with van der Waals surface area (Å²) in [4.78, 5) is 11.7. The molecule has 0 bridgehead atoms. The Morgan fingerprint density at radius 3 is 2.71 bits per heavy atom. The van der Waals surface area contributed by atoms with Gasteiger partial charge in [-0.25, -0.2) is 0 Å². The number of nitrogens with one attached hydrogen (secondary N) is 1. The molecule has 0 atom stereocenters. The molecule has 1 aromatic carbocycles. The molecule has 5 nitrogen and oxygen atoms in total. The highest BCUT2D eigenvalue weighted by atomic mass is 16.3. The maximum absolute atomic E-state index is 11.7. The molecule has 0 saturated carbocycles. The zero-order valence-electron chi connectivity index (χ0n) is 9.69. The Hall–Kier alpha value is -2.22. The minimum absolute atomic E-state index is 0.0151. The van der Waals surface area contributed by atoms with Gasteiger partial charge in [0.05, 0.1) is 17.0 Å². The highest BCUT2D eigenvalue weighted by Gasteiger charge is 2.19. The number of amides is 1. The lowest BCUT2D eigenvalue weighted by Crippen LogP contribution is -2.33. The van der Waals surface area contributed by atoms with E-state index in [1.807, 2.05) is 6.07 Å². The summed E-state index contributed by atoms with van der Waals surface area (Å²) in [5.74, 6) is -0.843. The van der Waals surface area contributed by atoms with Gasteiger partial charge in [0, 0.05) is 6.54 Å². The summed E-state index contributed by atoms with van der Waals surface area (Å²) in [5, 5.41) is 30.0. The molecule has 0 unspecified atom stereocenters. The fourth-order valence-corrected chi connectivity index (χ4v) is 1.14. The first-order valence-electron chi connectivity index (χ1n) is 5.07. The third kappa shape index (κ3) is 3.38. The Bertz CT molecular complexity index is 475. The van der Waals surface area contributed by atoms with E-state index in [0.29, 0.717) is 0 Å². The van der Waals surface area contributed by atoms with Gasteiger partial charge in [0.25, 0.3) is 5.91 Å². The largest absolute Gasteiger partial charge is 0.508 e. The molecule has 0 aromatic heterocycles. The zero-order chi connectivity index (χ0) is 13.1. The Kier molecular flexibility index (Phi) is 3.59. The molecule has 5 heteroatoms. The van der Waals surface area contributed by atoms with E-state index in [0.717, 1.165) is 0 Å². The van der Waals surface area contributed by atoms with Crippen LogP contribution in [0.1, 0.15) is 24.2 Å². The molecule has 1 aromatic rings. The van der Waals surface area contributed by atoms with Crippen molar-refractivity contribution in [3.05, 3.63) is 23.8 Å². The SMILES string of the molecule is CC(C)(C#N)CNC(=O)c1cc(O)ccc1O. The average Bonchev–Trinajstić information content (AvgIpc) is 2.29. The van der Waals surface area contributed by atoms with Crippen LogP contribution in [0.4, 0.5) is 0 Å². The topological polar surface area (TPSA) is 93.4 Å². The minimum atomic E-state index is -0.678. The Labute approximate surface area is 99.3 Å². The molecule has 0 fully saturated rings. The third-order valence-corrected chi connectivity index (χ3v) is 2.22. The number of hydrogen-bond acceptors (Lipinski definition) is 4. The van der Waals surface area contributed by atoms with E-state index in [4.69, 9.17) is 5.26 Å². The third-order valence-electron chi connectivity index (χ3n) is 2.22. The molecule has 3 N–H and O–H groups in total. The summed E-state index contributed by atoms with van der Waals surface area (Å²) in [6.07, 6.45) is 0. The number of rotatable bonds is 3. The predicted octanol–water partition coefficient (Wildman–Crippen LogP) is 1.38. The Morgan fingerprint density at radius 2 is 2.12 bits per heavy atom. The molecular weight excluding hydrogens is 220 g/mol. The number of phenols is 2. The van der Waals surface area contributed by atoms with Gasteiger partial charge in [-0.15, -0.1) is 0 Å². The molecule has 90 valence electrons. The fraction of sp³-hybridized carbons (Fsp3) is 0.333. The predicted molar refractivity (Wildman–Crippen MR) is 61.5 cm³/mol. The van der Waals surface area contributed by atoms with Crippen LogP contribution in [-0.4, -0.2) is 22.7 Å². The summed E-state index contributed by atoms with van der Waals surface area (Å²) in [6.45, 7) is 3.54. The van der Waals surface area contributed by atoms with E-state index in [1.165, 1.54) is 18.2 Å².